The molecule has 2 N–H and O–H groups in total. The molecule has 2 aromatic carbocycles. The fraction of sp³-hybridized carbons (Fsp3) is 0.280. The Morgan fingerprint density at radius 3 is 2.58 bits per heavy atom. The van der Waals surface area contributed by atoms with E-state index in [1.807, 2.05) is 24.1 Å². The van der Waals surface area contributed by atoms with Crippen LogP contribution in [0.25, 0.3) is 11.2 Å². The van der Waals surface area contributed by atoms with Crippen molar-refractivity contribution in [2.45, 2.75) is 26.1 Å². The van der Waals surface area contributed by atoms with Crippen molar-refractivity contribution in [3.8, 4) is 11.5 Å². The van der Waals surface area contributed by atoms with E-state index in [1.54, 1.807) is 50.0 Å². The molecule has 11 heteroatoms. The molecule has 0 bridgehead atoms. The quantitative estimate of drug-likeness (QED) is 0.322. The zero-order chi connectivity index (χ0) is 26.0. The number of aromatic nitrogens is 4. The van der Waals surface area contributed by atoms with Gasteiger partial charge in [0.2, 0.25) is 5.28 Å². The Morgan fingerprint density at radius 2 is 1.92 bits per heavy atom. The van der Waals surface area contributed by atoms with Crippen molar-refractivity contribution in [1.82, 2.24) is 19.5 Å². The summed E-state index contributed by atoms with van der Waals surface area (Å²) < 4.78 is 12.5. The first kappa shape index (κ1) is 25.2. The minimum absolute atomic E-state index is 0.0172. The third-order valence-corrected chi connectivity index (χ3v) is 5.90. The Balaban J connectivity index is 1.78. The standard InChI is InChI=1S/C25H26ClN5O5/c1-14(32)21-27-20-22(30(2)13-17-8-9-18(35-3)11-19(17)36-4)28-25(26)29-23(20)31(21)12-15-6-5-7-16(10-15)24(33)34/h5-11,14,32H,12-13H2,1-4H3,(H,33,34). The predicted molar refractivity (Wildman–Crippen MR) is 135 cm³/mol. The Labute approximate surface area is 212 Å². The minimum Gasteiger partial charge on any atom is -0.497 e. The first-order valence-corrected chi connectivity index (χ1v) is 11.5. The third-order valence-electron chi connectivity index (χ3n) is 5.73. The van der Waals surface area contributed by atoms with Crippen molar-refractivity contribution < 1.29 is 24.5 Å². The smallest absolute Gasteiger partial charge is 0.335 e. The Bertz CT molecular complexity index is 1420. The highest BCUT2D eigenvalue weighted by Crippen LogP contribution is 2.31. The number of hydrogen-bond donors (Lipinski definition) is 2. The lowest BCUT2D eigenvalue weighted by molar-refractivity contribution is 0.0696. The average molecular weight is 512 g/mol. The molecular formula is C25H26ClN5O5. The van der Waals surface area contributed by atoms with Gasteiger partial charge in [0, 0.05) is 25.2 Å². The molecule has 4 aromatic rings. The van der Waals surface area contributed by atoms with E-state index in [0.29, 0.717) is 46.4 Å². The van der Waals surface area contributed by atoms with Gasteiger partial charge in [-0.05, 0) is 48.4 Å². The lowest BCUT2D eigenvalue weighted by Crippen LogP contribution is -2.19. The predicted octanol–water partition coefficient (Wildman–Crippen LogP) is 3.93. The molecule has 0 fully saturated rings. The summed E-state index contributed by atoms with van der Waals surface area (Å²) in [7, 11) is 5.03. The lowest BCUT2D eigenvalue weighted by Gasteiger charge is -2.20. The number of aliphatic hydroxyl groups excluding tert-OH is 1. The fourth-order valence-electron chi connectivity index (χ4n) is 4.02. The molecule has 1 unspecified atom stereocenters. The Morgan fingerprint density at radius 1 is 1.14 bits per heavy atom. The monoisotopic (exact) mass is 511 g/mol. The van der Waals surface area contributed by atoms with Crippen LogP contribution in [0.3, 0.4) is 0 Å². The molecule has 188 valence electrons. The zero-order valence-corrected chi connectivity index (χ0v) is 21.0. The summed E-state index contributed by atoms with van der Waals surface area (Å²) in [5, 5.41) is 19.8. The number of hydrogen-bond acceptors (Lipinski definition) is 8. The highest BCUT2D eigenvalue weighted by Gasteiger charge is 2.23. The van der Waals surface area contributed by atoms with Gasteiger partial charge in [-0.15, -0.1) is 0 Å². The molecule has 0 spiro atoms. The van der Waals surface area contributed by atoms with Gasteiger partial charge in [-0.25, -0.2) is 9.78 Å². The number of carboxylic acid groups (broad SMARTS) is 1. The van der Waals surface area contributed by atoms with Crippen LogP contribution in [0.1, 0.15) is 40.3 Å². The van der Waals surface area contributed by atoms with Gasteiger partial charge in [-0.3, -0.25) is 0 Å². The number of imidazole rings is 1. The summed E-state index contributed by atoms with van der Waals surface area (Å²) in [6.45, 7) is 2.26. The molecule has 0 saturated carbocycles. The summed E-state index contributed by atoms with van der Waals surface area (Å²) in [5.41, 5.74) is 2.65. The van der Waals surface area contributed by atoms with Gasteiger partial charge in [0.1, 0.15) is 23.4 Å². The van der Waals surface area contributed by atoms with Crippen molar-refractivity contribution in [3.63, 3.8) is 0 Å². The normalized spacial score (nSPS) is 11.9. The molecule has 0 aliphatic carbocycles. The van der Waals surface area contributed by atoms with Crippen LogP contribution in [0, 0.1) is 0 Å². The molecule has 0 amide bonds. The summed E-state index contributed by atoms with van der Waals surface area (Å²) in [4.78, 5) is 26.8. The average Bonchev–Trinajstić information content (AvgIpc) is 3.22. The topological polar surface area (TPSA) is 123 Å². The van der Waals surface area contributed by atoms with Crippen molar-refractivity contribution in [2.24, 2.45) is 0 Å². The molecular weight excluding hydrogens is 486 g/mol. The van der Waals surface area contributed by atoms with Crippen molar-refractivity contribution in [1.29, 1.82) is 0 Å². The Hall–Kier alpha value is -3.89. The van der Waals surface area contributed by atoms with Gasteiger partial charge in [0.05, 0.1) is 26.3 Å². The molecule has 0 aliphatic heterocycles. The largest absolute Gasteiger partial charge is 0.497 e. The number of benzene rings is 2. The van der Waals surface area contributed by atoms with Gasteiger partial charge in [-0.1, -0.05) is 12.1 Å². The maximum atomic E-state index is 11.4. The summed E-state index contributed by atoms with van der Waals surface area (Å²) >= 11 is 6.33. The van der Waals surface area contributed by atoms with E-state index in [1.165, 1.54) is 6.07 Å². The second kappa shape index (κ2) is 10.4. The maximum Gasteiger partial charge on any atom is 0.335 e. The van der Waals surface area contributed by atoms with E-state index >= 15 is 0 Å². The number of nitrogens with zero attached hydrogens (tertiary/aromatic N) is 5. The number of ether oxygens (including phenoxy) is 2. The highest BCUT2D eigenvalue weighted by molar-refractivity contribution is 6.28. The van der Waals surface area contributed by atoms with Crippen LogP contribution in [0.15, 0.2) is 42.5 Å². The van der Waals surface area contributed by atoms with Crippen LogP contribution in [0.4, 0.5) is 5.82 Å². The van der Waals surface area contributed by atoms with Crippen LogP contribution in [-0.2, 0) is 13.1 Å². The van der Waals surface area contributed by atoms with E-state index < -0.39 is 12.1 Å². The minimum atomic E-state index is -1.02. The molecule has 0 radical (unpaired) electrons. The van der Waals surface area contributed by atoms with Gasteiger partial charge in [0.15, 0.2) is 17.0 Å². The first-order valence-electron chi connectivity index (χ1n) is 11.1. The SMILES string of the molecule is COc1ccc(CN(C)c2nc(Cl)nc3c2nc(C(C)O)n3Cc2cccc(C(=O)O)c2)c(OC)c1. The van der Waals surface area contributed by atoms with Gasteiger partial charge < -0.3 is 29.2 Å². The second-order valence-electron chi connectivity index (χ2n) is 8.26. The highest BCUT2D eigenvalue weighted by atomic mass is 35.5. The van der Waals surface area contributed by atoms with E-state index in [2.05, 4.69) is 15.0 Å². The molecule has 10 nitrogen and oxygen atoms in total. The Kier molecular flexibility index (Phi) is 7.27. The van der Waals surface area contributed by atoms with Gasteiger partial charge in [0.25, 0.3) is 0 Å². The molecule has 0 saturated heterocycles. The van der Waals surface area contributed by atoms with E-state index in [-0.39, 0.29) is 17.4 Å². The number of rotatable bonds is 9. The summed E-state index contributed by atoms with van der Waals surface area (Å²) in [6.07, 6.45) is -0.916. The number of aromatic carboxylic acids is 1. The number of anilines is 1. The molecule has 4 rings (SSSR count). The van der Waals surface area contributed by atoms with Crippen LogP contribution in [0.5, 0.6) is 11.5 Å². The molecule has 2 aromatic heterocycles. The summed E-state index contributed by atoms with van der Waals surface area (Å²) in [6, 6.07) is 12.1. The fourth-order valence-corrected chi connectivity index (χ4v) is 4.18. The van der Waals surface area contributed by atoms with Crippen LogP contribution in [-0.4, -0.2) is 57.0 Å². The molecule has 0 aliphatic rings. The zero-order valence-electron chi connectivity index (χ0n) is 20.3. The molecule has 1 atom stereocenters. The maximum absolute atomic E-state index is 11.4. The van der Waals surface area contributed by atoms with Crippen molar-refractivity contribution >= 4 is 34.6 Å². The van der Waals surface area contributed by atoms with Gasteiger partial charge >= 0.3 is 5.97 Å². The van der Waals surface area contributed by atoms with Crippen molar-refractivity contribution in [2.75, 3.05) is 26.2 Å². The van der Waals surface area contributed by atoms with Crippen LogP contribution < -0.4 is 14.4 Å². The van der Waals surface area contributed by atoms with Gasteiger partial charge in [-0.2, -0.15) is 9.97 Å². The summed E-state index contributed by atoms with van der Waals surface area (Å²) in [5.74, 6) is 1.15. The second-order valence-corrected chi connectivity index (χ2v) is 8.60. The number of carboxylic acids is 1. The van der Waals surface area contributed by atoms with Crippen LogP contribution in [0.2, 0.25) is 5.28 Å². The number of halogens is 1. The van der Waals surface area contributed by atoms with Crippen LogP contribution >= 0.6 is 11.6 Å². The van der Waals surface area contributed by atoms with E-state index in [9.17, 15) is 15.0 Å². The number of carbonyl (C=O) groups is 1. The lowest BCUT2D eigenvalue weighted by atomic mass is 10.1. The molecule has 2 heterocycles. The van der Waals surface area contributed by atoms with Crippen molar-refractivity contribution in [3.05, 3.63) is 70.3 Å². The first-order chi connectivity index (χ1) is 17.2. The molecule has 36 heavy (non-hydrogen) atoms. The van der Waals surface area contributed by atoms with E-state index in [4.69, 9.17) is 21.1 Å². The van der Waals surface area contributed by atoms with E-state index in [0.717, 1.165) is 5.56 Å². The number of fused-ring (bicyclic) bond motifs is 1. The number of aliphatic hydroxyl groups is 1. The third kappa shape index (κ3) is 5.05. The number of methoxy groups -OCH3 is 2.